The van der Waals surface area contributed by atoms with E-state index in [1.807, 2.05) is 4.90 Å². The topological polar surface area (TPSA) is 88.6 Å². The van der Waals surface area contributed by atoms with Crippen molar-refractivity contribution in [1.82, 2.24) is 14.8 Å². The lowest BCUT2D eigenvalue weighted by Crippen LogP contribution is -2.59. The van der Waals surface area contributed by atoms with E-state index in [1.54, 1.807) is 18.4 Å². The maximum Gasteiger partial charge on any atom is 0.244 e. The number of nitrogens with zero attached hydrogens (tertiary/aromatic N) is 3. The third-order valence-electron chi connectivity index (χ3n) is 10.6. The number of nitrogens with one attached hydrogen (secondary N) is 1. The molecule has 1 aliphatic heterocycles. The molecular weight excluding hydrogens is 532 g/mol. The SMILES string of the molecule is CC1C(=O)N(CCC(=O)Nc2ccc([S+](C)[O-])nc2)C[C@]2(CC[C@](c3ccccc3)(N(C)C)CC2)C1CC1CCC1. The van der Waals surface area contributed by atoms with E-state index < -0.39 is 11.2 Å². The van der Waals surface area contributed by atoms with E-state index in [-0.39, 0.29) is 35.1 Å². The van der Waals surface area contributed by atoms with Crippen LogP contribution in [0.3, 0.4) is 0 Å². The molecule has 2 heterocycles. The number of aromatic nitrogens is 1. The van der Waals surface area contributed by atoms with Crippen LogP contribution in [0.15, 0.2) is 53.7 Å². The van der Waals surface area contributed by atoms with Crippen molar-refractivity contribution in [3.05, 3.63) is 54.2 Å². The number of rotatable bonds is 9. The van der Waals surface area contributed by atoms with Crippen LogP contribution in [-0.2, 0) is 26.3 Å². The van der Waals surface area contributed by atoms with Crippen LogP contribution in [0.5, 0.6) is 0 Å². The van der Waals surface area contributed by atoms with Crippen LogP contribution >= 0.6 is 0 Å². The van der Waals surface area contributed by atoms with E-state index in [1.165, 1.54) is 31.0 Å². The first-order valence-corrected chi connectivity index (χ1v) is 16.8. The molecule has 222 valence electrons. The number of benzene rings is 1. The molecule has 2 saturated carbocycles. The van der Waals surface area contributed by atoms with Gasteiger partial charge in [0.25, 0.3) is 0 Å². The first-order valence-electron chi connectivity index (χ1n) is 15.2. The van der Waals surface area contributed by atoms with Gasteiger partial charge in [-0.25, -0.2) is 4.98 Å². The molecule has 1 spiro atoms. The van der Waals surface area contributed by atoms with Crippen LogP contribution in [-0.4, -0.2) is 64.6 Å². The number of hydrogen-bond acceptors (Lipinski definition) is 5. The predicted molar refractivity (Wildman–Crippen MR) is 164 cm³/mol. The Bertz CT molecular complexity index is 1190. The average Bonchev–Trinajstić information content (AvgIpc) is 2.94. The van der Waals surface area contributed by atoms with Gasteiger partial charge in [-0.2, -0.15) is 0 Å². The number of likely N-dealkylation sites (tertiary alicyclic amines) is 1. The van der Waals surface area contributed by atoms with Gasteiger partial charge in [0, 0.05) is 48.2 Å². The Balaban J connectivity index is 1.30. The van der Waals surface area contributed by atoms with Crippen LogP contribution in [0, 0.1) is 23.2 Å². The number of carbonyl (C=O) groups excluding carboxylic acids is 2. The van der Waals surface area contributed by atoms with Crippen molar-refractivity contribution in [1.29, 1.82) is 0 Å². The van der Waals surface area contributed by atoms with Gasteiger partial charge in [-0.1, -0.05) is 56.5 Å². The molecule has 5 rings (SSSR count). The first-order chi connectivity index (χ1) is 19.6. The molecule has 2 amide bonds. The van der Waals surface area contributed by atoms with E-state index >= 15 is 0 Å². The summed E-state index contributed by atoms with van der Waals surface area (Å²) in [4.78, 5) is 35.2. The summed E-state index contributed by atoms with van der Waals surface area (Å²) >= 11 is -1.16. The van der Waals surface area contributed by atoms with Gasteiger partial charge < -0.3 is 14.8 Å². The van der Waals surface area contributed by atoms with Crippen molar-refractivity contribution < 1.29 is 14.1 Å². The lowest BCUT2D eigenvalue weighted by molar-refractivity contribution is -0.156. The van der Waals surface area contributed by atoms with Gasteiger partial charge in [0.2, 0.25) is 16.8 Å². The van der Waals surface area contributed by atoms with Crippen molar-refractivity contribution in [2.75, 3.05) is 38.8 Å². The second kappa shape index (κ2) is 12.4. The minimum atomic E-state index is -1.16. The summed E-state index contributed by atoms with van der Waals surface area (Å²) in [5.74, 6) is 1.20. The molecule has 1 aromatic heterocycles. The van der Waals surface area contributed by atoms with Crippen molar-refractivity contribution in [2.45, 2.75) is 75.3 Å². The molecule has 1 N–H and O–H groups in total. The number of carbonyl (C=O) groups is 2. The zero-order valence-electron chi connectivity index (χ0n) is 25.1. The largest absolute Gasteiger partial charge is 0.610 e. The Morgan fingerprint density at radius 1 is 1.12 bits per heavy atom. The quantitative estimate of drug-likeness (QED) is 0.400. The summed E-state index contributed by atoms with van der Waals surface area (Å²) in [6.07, 6.45) is 12.8. The maximum atomic E-state index is 13.7. The highest BCUT2D eigenvalue weighted by molar-refractivity contribution is 7.90. The number of anilines is 1. The second-order valence-electron chi connectivity index (χ2n) is 13.0. The fourth-order valence-corrected chi connectivity index (χ4v) is 8.27. The Labute approximate surface area is 248 Å². The summed E-state index contributed by atoms with van der Waals surface area (Å²) in [5, 5.41) is 3.37. The van der Waals surface area contributed by atoms with E-state index in [4.69, 9.17) is 0 Å². The van der Waals surface area contributed by atoms with Gasteiger partial charge in [0.15, 0.2) is 0 Å². The number of hydrogen-bond donors (Lipinski definition) is 1. The number of piperidine rings is 1. The molecule has 0 radical (unpaired) electrons. The average molecular weight is 579 g/mol. The van der Waals surface area contributed by atoms with Crippen LogP contribution in [0.2, 0.25) is 0 Å². The summed E-state index contributed by atoms with van der Waals surface area (Å²) in [6.45, 7) is 3.32. The van der Waals surface area contributed by atoms with E-state index in [9.17, 15) is 14.1 Å². The minimum Gasteiger partial charge on any atom is -0.610 e. The summed E-state index contributed by atoms with van der Waals surface area (Å²) in [5.41, 5.74) is 2.06. The van der Waals surface area contributed by atoms with Gasteiger partial charge in [-0.15, -0.1) is 0 Å². The Morgan fingerprint density at radius 2 is 1.83 bits per heavy atom. The van der Waals surface area contributed by atoms with Gasteiger partial charge >= 0.3 is 0 Å². The highest BCUT2D eigenvalue weighted by atomic mass is 32.2. The monoisotopic (exact) mass is 578 g/mol. The molecule has 7 nitrogen and oxygen atoms in total. The van der Waals surface area contributed by atoms with Crippen molar-refractivity contribution in [2.24, 2.45) is 23.2 Å². The van der Waals surface area contributed by atoms with Crippen molar-refractivity contribution in [3.63, 3.8) is 0 Å². The van der Waals surface area contributed by atoms with Gasteiger partial charge in [0.05, 0.1) is 11.9 Å². The molecule has 3 atom stereocenters. The number of pyridine rings is 1. The highest BCUT2D eigenvalue weighted by Crippen LogP contribution is 2.57. The molecule has 0 bridgehead atoms. The molecule has 2 aliphatic carbocycles. The van der Waals surface area contributed by atoms with Crippen LogP contribution in [0.1, 0.15) is 70.3 Å². The Morgan fingerprint density at radius 3 is 2.39 bits per heavy atom. The van der Waals surface area contributed by atoms with Crippen LogP contribution < -0.4 is 5.32 Å². The van der Waals surface area contributed by atoms with Gasteiger partial charge in [-0.3, -0.25) is 14.5 Å². The molecule has 8 heteroatoms. The van der Waals surface area contributed by atoms with Gasteiger partial charge in [0.1, 0.15) is 6.26 Å². The fraction of sp³-hybridized carbons (Fsp3) is 0.606. The lowest BCUT2D eigenvalue weighted by atomic mass is 9.53. The third-order valence-corrected chi connectivity index (χ3v) is 11.4. The molecule has 3 unspecified atom stereocenters. The van der Waals surface area contributed by atoms with Crippen molar-refractivity contribution in [3.8, 4) is 0 Å². The highest BCUT2D eigenvalue weighted by Gasteiger charge is 2.55. The first kappa shape index (κ1) is 30.1. The smallest absolute Gasteiger partial charge is 0.244 e. The summed E-state index contributed by atoms with van der Waals surface area (Å²) < 4.78 is 11.6. The molecular formula is C33H46N4O3S. The summed E-state index contributed by atoms with van der Waals surface area (Å²) in [6, 6.07) is 14.3. The van der Waals surface area contributed by atoms with E-state index in [2.05, 4.69) is 66.6 Å². The summed E-state index contributed by atoms with van der Waals surface area (Å²) in [7, 11) is 4.42. The number of amides is 2. The fourth-order valence-electron chi connectivity index (χ4n) is 7.81. The lowest BCUT2D eigenvalue weighted by Gasteiger charge is -2.58. The zero-order valence-corrected chi connectivity index (χ0v) is 25.9. The molecule has 1 aromatic carbocycles. The van der Waals surface area contributed by atoms with Gasteiger partial charge in [-0.05, 0) is 75.1 Å². The molecule has 3 fully saturated rings. The standard InChI is InChI=1S/C33H46N4O3S/c1-24-28(21-25-9-8-10-25)32(16-18-33(19-17-32,36(2)3)26-11-6-5-7-12-26)23-37(31(24)39)20-15-29(38)35-27-13-14-30(34-22-27)41(4)40/h5-7,11-14,22,24-25,28H,8-10,15-21,23H2,1-4H3,(H,35,38)/t24?,28?,32-,33+,41?. The maximum absolute atomic E-state index is 13.7. The second-order valence-corrected chi connectivity index (χ2v) is 14.3. The Kier molecular flexibility index (Phi) is 9.12. The zero-order chi connectivity index (χ0) is 29.2. The molecule has 2 aromatic rings. The minimum absolute atomic E-state index is 0.0108. The van der Waals surface area contributed by atoms with Crippen LogP contribution in [0.25, 0.3) is 0 Å². The predicted octanol–water partition coefficient (Wildman–Crippen LogP) is 5.45. The Hall–Kier alpha value is -2.42. The molecule has 41 heavy (non-hydrogen) atoms. The van der Waals surface area contributed by atoms with Crippen molar-refractivity contribution >= 4 is 28.7 Å². The molecule has 3 aliphatic rings. The normalized spacial score (nSPS) is 29.4. The van der Waals surface area contributed by atoms with E-state index in [0.29, 0.717) is 23.2 Å². The van der Waals surface area contributed by atoms with Crippen LogP contribution in [0.4, 0.5) is 5.69 Å². The van der Waals surface area contributed by atoms with E-state index in [0.717, 1.165) is 44.6 Å². The molecule has 1 saturated heterocycles. The third kappa shape index (κ3) is 6.20.